The Bertz CT molecular complexity index is 531. The van der Waals surface area contributed by atoms with Crippen LogP contribution in [-0.2, 0) is 14.3 Å². The van der Waals surface area contributed by atoms with Crippen molar-refractivity contribution in [3.05, 3.63) is 28.5 Å². The average molecular weight is 375 g/mol. The zero-order valence-corrected chi connectivity index (χ0v) is 14.5. The first-order valence-corrected chi connectivity index (χ1v) is 7.94. The fraction of sp³-hybridized carbons (Fsp3) is 0.500. The van der Waals surface area contributed by atoms with E-state index in [4.69, 9.17) is 9.47 Å². The molecule has 6 heteroatoms. The Labute approximate surface area is 138 Å². The van der Waals surface area contributed by atoms with Gasteiger partial charge in [-0.2, -0.15) is 0 Å². The average Bonchev–Trinajstić information content (AvgIpc) is 2.41. The minimum Gasteiger partial charge on any atom is -0.462 e. The van der Waals surface area contributed by atoms with Crippen LogP contribution in [0.5, 0.6) is 5.75 Å². The first kappa shape index (κ1) is 18.6. The van der Waals surface area contributed by atoms with Crippen LogP contribution in [0.1, 0.15) is 40.0 Å². The van der Waals surface area contributed by atoms with E-state index in [2.05, 4.69) is 15.9 Å². The Morgan fingerprint density at radius 3 is 2.41 bits per heavy atom. The van der Waals surface area contributed by atoms with Crippen LogP contribution in [0.4, 0.5) is 4.39 Å². The van der Waals surface area contributed by atoms with Crippen molar-refractivity contribution in [3.63, 3.8) is 0 Å². The normalized spacial score (nSPS) is 12.1. The largest absolute Gasteiger partial charge is 0.462 e. The molecule has 0 heterocycles. The van der Waals surface area contributed by atoms with Crippen LogP contribution in [0.2, 0.25) is 0 Å². The lowest BCUT2D eigenvalue weighted by Gasteiger charge is -2.16. The summed E-state index contributed by atoms with van der Waals surface area (Å²) in [5.74, 6) is -0.713. The smallest absolute Gasteiger partial charge is 0.311 e. The van der Waals surface area contributed by atoms with Gasteiger partial charge in [-0.3, -0.25) is 9.59 Å². The maximum atomic E-state index is 12.9. The van der Waals surface area contributed by atoms with Crippen molar-refractivity contribution in [1.82, 2.24) is 0 Å². The number of ether oxygens (including phenoxy) is 2. The summed E-state index contributed by atoms with van der Waals surface area (Å²) in [6.45, 7) is 5.77. The standard InChI is InChI=1S/C16H20BrFO4/c1-10(2)11(3)21-15(19)5-4-6-16(20)22-14-8-7-12(18)9-13(14)17/h7-11H,4-6H2,1-3H3. The highest BCUT2D eigenvalue weighted by Crippen LogP contribution is 2.25. The van der Waals surface area contributed by atoms with Crippen LogP contribution in [-0.4, -0.2) is 18.0 Å². The van der Waals surface area contributed by atoms with E-state index in [0.29, 0.717) is 10.9 Å². The molecule has 0 N–H and O–H groups in total. The first-order valence-electron chi connectivity index (χ1n) is 7.14. The van der Waals surface area contributed by atoms with E-state index in [1.165, 1.54) is 18.2 Å². The molecule has 0 radical (unpaired) electrons. The van der Waals surface area contributed by atoms with E-state index in [9.17, 15) is 14.0 Å². The van der Waals surface area contributed by atoms with Crippen LogP contribution in [0.15, 0.2) is 22.7 Å². The van der Waals surface area contributed by atoms with Crippen LogP contribution in [0, 0.1) is 11.7 Å². The molecular formula is C16H20BrFO4. The predicted molar refractivity (Wildman–Crippen MR) is 84.0 cm³/mol. The summed E-state index contributed by atoms with van der Waals surface area (Å²) >= 11 is 3.12. The molecule has 0 amide bonds. The van der Waals surface area contributed by atoms with Gasteiger partial charge in [0.05, 0.1) is 4.47 Å². The highest BCUT2D eigenvalue weighted by atomic mass is 79.9. The van der Waals surface area contributed by atoms with Crippen molar-refractivity contribution in [2.75, 3.05) is 0 Å². The van der Waals surface area contributed by atoms with Gasteiger partial charge >= 0.3 is 11.9 Å². The van der Waals surface area contributed by atoms with E-state index in [1.807, 2.05) is 20.8 Å². The molecule has 0 aliphatic carbocycles. The Morgan fingerprint density at radius 1 is 1.18 bits per heavy atom. The van der Waals surface area contributed by atoms with Gasteiger partial charge in [0.25, 0.3) is 0 Å². The van der Waals surface area contributed by atoms with E-state index in [0.717, 1.165) is 0 Å². The molecule has 0 bridgehead atoms. The predicted octanol–water partition coefficient (Wildman–Crippen LogP) is 4.25. The zero-order chi connectivity index (χ0) is 16.7. The number of carbonyl (C=O) groups is 2. The number of esters is 2. The summed E-state index contributed by atoms with van der Waals surface area (Å²) in [5.41, 5.74) is 0. The second kappa shape index (κ2) is 8.88. The number of hydrogen-bond donors (Lipinski definition) is 0. The van der Waals surface area contributed by atoms with Crippen LogP contribution in [0.3, 0.4) is 0 Å². The molecule has 0 saturated carbocycles. The van der Waals surface area contributed by atoms with Crippen LogP contribution < -0.4 is 4.74 Å². The van der Waals surface area contributed by atoms with Gasteiger partial charge in [0.1, 0.15) is 17.7 Å². The molecule has 0 aromatic heterocycles. The highest BCUT2D eigenvalue weighted by molar-refractivity contribution is 9.10. The summed E-state index contributed by atoms with van der Waals surface area (Å²) in [5, 5.41) is 0. The minimum absolute atomic E-state index is 0.0922. The van der Waals surface area contributed by atoms with Gasteiger partial charge in [-0.15, -0.1) is 0 Å². The SMILES string of the molecule is CC(C)C(C)OC(=O)CCCC(=O)Oc1ccc(F)cc1Br. The van der Waals surface area contributed by atoms with Crippen molar-refractivity contribution < 1.29 is 23.5 Å². The molecule has 122 valence electrons. The molecule has 1 aromatic rings. The molecule has 1 atom stereocenters. The number of halogens is 2. The quantitative estimate of drug-likeness (QED) is 0.528. The van der Waals surface area contributed by atoms with Gasteiger partial charge in [0, 0.05) is 12.8 Å². The van der Waals surface area contributed by atoms with Crippen molar-refractivity contribution >= 4 is 27.9 Å². The summed E-state index contributed by atoms with van der Waals surface area (Å²) < 4.78 is 23.6. The van der Waals surface area contributed by atoms with E-state index in [1.54, 1.807) is 0 Å². The van der Waals surface area contributed by atoms with Gasteiger partial charge in [0.2, 0.25) is 0 Å². The third kappa shape index (κ3) is 6.56. The molecule has 1 aromatic carbocycles. The van der Waals surface area contributed by atoms with Crippen molar-refractivity contribution in [3.8, 4) is 5.75 Å². The molecule has 0 aliphatic rings. The van der Waals surface area contributed by atoms with E-state index < -0.39 is 11.8 Å². The molecule has 1 unspecified atom stereocenters. The monoisotopic (exact) mass is 374 g/mol. The summed E-state index contributed by atoms with van der Waals surface area (Å²) in [6.07, 6.45) is 0.460. The second-order valence-corrected chi connectivity index (χ2v) is 6.20. The van der Waals surface area contributed by atoms with Gasteiger partial charge in [0.15, 0.2) is 0 Å². The number of rotatable bonds is 7. The Kier molecular flexibility index (Phi) is 7.51. The molecule has 0 aliphatic heterocycles. The molecule has 0 saturated heterocycles. The number of hydrogen-bond acceptors (Lipinski definition) is 4. The van der Waals surface area contributed by atoms with E-state index >= 15 is 0 Å². The third-order valence-electron chi connectivity index (χ3n) is 3.14. The van der Waals surface area contributed by atoms with Gasteiger partial charge < -0.3 is 9.47 Å². The fourth-order valence-corrected chi connectivity index (χ4v) is 1.94. The summed E-state index contributed by atoms with van der Waals surface area (Å²) in [4.78, 5) is 23.2. The maximum Gasteiger partial charge on any atom is 0.311 e. The molecular weight excluding hydrogens is 355 g/mol. The van der Waals surface area contributed by atoms with Gasteiger partial charge in [-0.25, -0.2) is 4.39 Å². The van der Waals surface area contributed by atoms with Crippen molar-refractivity contribution in [2.24, 2.45) is 5.92 Å². The fourth-order valence-electron chi connectivity index (χ4n) is 1.51. The number of benzene rings is 1. The lowest BCUT2D eigenvalue weighted by Crippen LogP contribution is -2.20. The third-order valence-corrected chi connectivity index (χ3v) is 3.76. The topological polar surface area (TPSA) is 52.6 Å². The molecule has 0 fully saturated rings. The molecule has 4 nitrogen and oxygen atoms in total. The lowest BCUT2D eigenvalue weighted by molar-refractivity contribution is -0.150. The van der Waals surface area contributed by atoms with Gasteiger partial charge in [-0.1, -0.05) is 13.8 Å². The van der Waals surface area contributed by atoms with Crippen molar-refractivity contribution in [2.45, 2.75) is 46.1 Å². The molecule has 0 spiro atoms. The maximum absolute atomic E-state index is 12.9. The Balaban J connectivity index is 2.33. The first-order chi connectivity index (χ1) is 10.3. The van der Waals surface area contributed by atoms with E-state index in [-0.39, 0.29) is 36.6 Å². The zero-order valence-electron chi connectivity index (χ0n) is 12.9. The molecule has 1 rings (SSSR count). The van der Waals surface area contributed by atoms with Crippen LogP contribution in [0.25, 0.3) is 0 Å². The summed E-state index contributed by atoms with van der Waals surface area (Å²) in [7, 11) is 0. The van der Waals surface area contributed by atoms with Crippen molar-refractivity contribution in [1.29, 1.82) is 0 Å². The summed E-state index contributed by atoms with van der Waals surface area (Å²) in [6, 6.07) is 3.79. The number of carbonyl (C=O) groups excluding carboxylic acids is 2. The van der Waals surface area contributed by atoms with Gasteiger partial charge in [-0.05, 0) is 53.4 Å². The lowest BCUT2D eigenvalue weighted by atomic mass is 10.1. The highest BCUT2D eigenvalue weighted by Gasteiger charge is 2.14. The molecule has 22 heavy (non-hydrogen) atoms. The second-order valence-electron chi connectivity index (χ2n) is 5.34. The minimum atomic E-state index is -0.475. The van der Waals surface area contributed by atoms with Crippen LogP contribution >= 0.6 is 15.9 Å². The Morgan fingerprint density at radius 2 is 1.82 bits per heavy atom. The Hall–Kier alpha value is -1.43.